The zero-order valence-corrected chi connectivity index (χ0v) is 7.65. The maximum absolute atomic E-state index is 11.0. The van der Waals surface area contributed by atoms with Crippen LogP contribution < -0.4 is 0 Å². The Morgan fingerprint density at radius 1 is 1.57 bits per heavy atom. The van der Waals surface area contributed by atoms with Gasteiger partial charge in [0.2, 0.25) is 0 Å². The van der Waals surface area contributed by atoms with Gasteiger partial charge in [0.05, 0.1) is 19.0 Å². The van der Waals surface area contributed by atoms with Crippen LogP contribution >= 0.6 is 0 Å². The van der Waals surface area contributed by atoms with Crippen molar-refractivity contribution in [3.63, 3.8) is 0 Å². The van der Waals surface area contributed by atoms with Gasteiger partial charge in [0.25, 0.3) is 0 Å². The fourth-order valence-corrected chi connectivity index (χ4v) is 1.24. The number of nitrogens with one attached hydrogen (secondary N) is 1. The number of aromatic amines is 1. The number of aromatic nitrogens is 3. The molecular formula is C9H9N3O2. The summed E-state index contributed by atoms with van der Waals surface area (Å²) in [4.78, 5) is 11.0. The third-order valence-corrected chi connectivity index (χ3v) is 1.97. The molecule has 0 saturated heterocycles. The first-order chi connectivity index (χ1) is 6.79. The van der Waals surface area contributed by atoms with Crippen molar-refractivity contribution in [3.8, 4) is 0 Å². The van der Waals surface area contributed by atoms with E-state index < -0.39 is 0 Å². The fourth-order valence-electron chi connectivity index (χ4n) is 1.24. The fraction of sp³-hybridized carbons (Fsp3) is 0.222. The van der Waals surface area contributed by atoms with Crippen molar-refractivity contribution in [2.45, 2.75) is 6.42 Å². The number of H-pyrrole nitrogens is 1. The lowest BCUT2D eigenvalue weighted by Gasteiger charge is -1.98. The van der Waals surface area contributed by atoms with Gasteiger partial charge in [0, 0.05) is 0 Å². The molecule has 1 heterocycles. The molecule has 1 N–H and O–H groups in total. The van der Waals surface area contributed by atoms with Crippen LogP contribution in [0.2, 0.25) is 0 Å². The monoisotopic (exact) mass is 191 g/mol. The number of hydrogen-bond donors (Lipinski definition) is 1. The van der Waals surface area contributed by atoms with E-state index in [0.29, 0.717) is 0 Å². The molecule has 0 amide bonds. The maximum Gasteiger partial charge on any atom is 0.309 e. The number of fused-ring (bicyclic) bond motifs is 1. The van der Waals surface area contributed by atoms with Crippen molar-refractivity contribution in [2.24, 2.45) is 0 Å². The number of carbonyl (C=O) groups excluding carboxylic acids is 1. The Bertz CT molecular complexity index is 464. The number of benzene rings is 1. The average molecular weight is 191 g/mol. The van der Waals surface area contributed by atoms with Crippen LogP contribution in [0.3, 0.4) is 0 Å². The molecule has 0 spiro atoms. The van der Waals surface area contributed by atoms with Crippen LogP contribution in [0.4, 0.5) is 0 Å². The number of methoxy groups -OCH3 is 1. The van der Waals surface area contributed by atoms with E-state index in [9.17, 15) is 4.79 Å². The van der Waals surface area contributed by atoms with E-state index in [1.165, 1.54) is 7.11 Å². The summed E-state index contributed by atoms with van der Waals surface area (Å²) in [6.07, 6.45) is 0.263. The lowest BCUT2D eigenvalue weighted by Crippen LogP contribution is -2.04. The lowest BCUT2D eigenvalue weighted by atomic mass is 10.1. The molecule has 0 unspecified atom stereocenters. The Hall–Kier alpha value is -1.91. The molecule has 2 rings (SSSR count). The van der Waals surface area contributed by atoms with Crippen LogP contribution in [-0.4, -0.2) is 28.5 Å². The van der Waals surface area contributed by atoms with Gasteiger partial charge in [-0.1, -0.05) is 11.3 Å². The first kappa shape index (κ1) is 8.68. The molecule has 0 saturated carbocycles. The Kier molecular flexibility index (Phi) is 2.14. The van der Waals surface area contributed by atoms with Crippen LogP contribution in [0, 0.1) is 0 Å². The molecule has 0 aliphatic heterocycles. The first-order valence-electron chi connectivity index (χ1n) is 4.16. The predicted octanol–water partition coefficient (Wildman–Crippen LogP) is 0.673. The quantitative estimate of drug-likeness (QED) is 0.708. The van der Waals surface area contributed by atoms with E-state index in [-0.39, 0.29) is 12.4 Å². The van der Waals surface area contributed by atoms with Crippen LogP contribution in [0.15, 0.2) is 18.2 Å². The molecule has 72 valence electrons. The number of hydrogen-bond acceptors (Lipinski definition) is 4. The van der Waals surface area contributed by atoms with E-state index in [0.717, 1.165) is 16.6 Å². The zero-order chi connectivity index (χ0) is 9.97. The molecule has 0 radical (unpaired) electrons. The maximum atomic E-state index is 11.0. The highest BCUT2D eigenvalue weighted by atomic mass is 16.5. The van der Waals surface area contributed by atoms with Gasteiger partial charge in [-0.2, -0.15) is 0 Å². The molecule has 2 aromatic rings. The molecule has 5 heteroatoms. The van der Waals surface area contributed by atoms with E-state index >= 15 is 0 Å². The van der Waals surface area contributed by atoms with Gasteiger partial charge in [-0.25, -0.2) is 0 Å². The summed E-state index contributed by atoms with van der Waals surface area (Å²) in [5.41, 5.74) is 2.49. The van der Waals surface area contributed by atoms with Crippen LogP contribution in [0.5, 0.6) is 0 Å². The summed E-state index contributed by atoms with van der Waals surface area (Å²) in [6.45, 7) is 0. The van der Waals surface area contributed by atoms with Crippen molar-refractivity contribution in [1.29, 1.82) is 0 Å². The highest BCUT2D eigenvalue weighted by Gasteiger charge is 2.04. The molecule has 0 bridgehead atoms. The van der Waals surface area contributed by atoms with Gasteiger partial charge in [-0.05, 0) is 17.7 Å². The Morgan fingerprint density at radius 3 is 3.21 bits per heavy atom. The van der Waals surface area contributed by atoms with Gasteiger partial charge >= 0.3 is 5.97 Å². The standard InChI is InChI=1S/C9H9N3O2/c1-14-9(13)5-6-2-3-7-8(4-6)11-12-10-7/h2-4H,5H2,1H3,(H,10,11,12). The van der Waals surface area contributed by atoms with Gasteiger partial charge in [-0.3, -0.25) is 9.89 Å². The number of carbonyl (C=O) groups is 1. The normalized spacial score (nSPS) is 10.4. The predicted molar refractivity (Wildman–Crippen MR) is 49.6 cm³/mol. The third-order valence-electron chi connectivity index (χ3n) is 1.97. The summed E-state index contributed by atoms with van der Waals surface area (Å²) < 4.78 is 4.56. The Balaban J connectivity index is 2.30. The molecule has 0 fully saturated rings. The Labute approximate surface area is 80.1 Å². The van der Waals surface area contributed by atoms with Gasteiger partial charge in [0.1, 0.15) is 5.52 Å². The second-order valence-electron chi connectivity index (χ2n) is 2.92. The molecule has 14 heavy (non-hydrogen) atoms. The molecule has 0 aliphatic rings. The number of nitrogens with zero attached hydrogens (tertiary/aromatic N) is 2. The first-order valence-corrected chi connectivity index (χ1v) is 4.16. The smallest absolute Gasteiger partial charge is 0.309 e. The van der Waals surface area contributed by atoms with E-state index in [4.69, 9.17) is 0 Å². The molecule has 1 aromatic heterocycles. The number of rotatable bonds is 2. The summed E-state index contributed by atoms with van der Waals surface area (Å²) in [7, 11) is 1.37. The van der Waals surface area contributed by atoms with Crippen molar-refractivity contribution in [3.05, 3.63) is 23.8 Å². The molecular weight excluding hydrogens is 182 g/mol. The third kappa shape index (κ3) is 1.56. The second kappa shape index (κ2) is 3.45. The SMILES string of the molecule is COC(=O)Cc1ccc2[nH]nnc2c1. The van der Waals surface area contributed by atoms with Gasteiger partial charge in [0.15, 0.2) is 0 Å². The van der Waals surface area contributed by atoms with Crippen LogP contribution in [0.25, 0.3) is 11.0 Å². The zero-order valence-electron chi connectivity index (χ0n) is 7.65. The summed E-state index contributed by atoms with van der Waals surface area (Å²) in [6, 6.07) is 5.50. The van der Waals surface area contributed by atoms with Crippen molar-refractivity contribution in [1.82, 2.24) is 15.4 Å². The van der Waals surface area contributed by atoms with Crippen molar-refractivity contribution < 1.29 is 9.53 Å². The van der Waals surface area contributed by atoms with Crippen LogP contribution in [0.1, 0.15) is 5.56 Å². The molecule has 5 nitrogen and oxygen atoms in total. The van der Waals surface area contributed by atoms with E-state index in [2.05, 4.69) is 20.1 Å². The minimum Gasteiger partial charge on any atom is -0.469 e. The molecule has 1 aromatic carbocycles. The van der Waals surface area contributed by atoms with Gasteiger partial charge < -0.3 is 4.74 Å². The lowest BCUT2D eigenvalue weighted by molar-refractivity contribution is -0.139. The molecule has 0 atom stereocenters. The Morgan fingerprint density at radius 2 is 2.43 bits per heavy atom. The molecule has 0 aliphatic carbocycles. The second-order valence-corrected chi connectivity index (χ2v) is 2.92. The highest BCUT2D eigenvalue weighted by Crippen LogP contribution is 2.11. The topological polar surface area (TPSA) is 67.9 Å². The summed E-state index contributed by atoms with van der Waals surface area (Å²) in [5.74, 6) is -0.257. The minimum atomic E-state index is -0.257. The van der Waals surface area contributed by atoms with Crippen molar-refractivity contribution >= 4 is 17.0 Å². The minimum absolute atomic E-state index is 0.257. The van der Waals surface area contributed by atoms with Crippen molar-refractivity contribution in [2.75, 3.05) is 7.11 Å². The average Bonchev–Trinajstić information content (AvgIpc) is 2.64. The number of esters is 1. The van der Waals surface area contributed by atoms with Gasteiger partial charge in [-0.15, -0.1) is 5.10 Å². The van der Waals surface area contributed by atoms with E-state index in [1.807, 2.05) is 18.2 Å². The summed E-state index contributed by atoms with van der Waals surface area (Å²) >= 11 is 0. The van der Waals surface area contributed by atoms with E-state index in [1.54, 1.807) is 0 Å². The summed E-state index contributed by atoms with van der Waals surface area (Å²) in [5, 5.41) is 10.2. The highest BCUT2D eigenvalue weighted by molar-refractivity contribution is 5.77. The number of ether oxygens (including phenoxy) is 1. The largest absolute Gasteiger partial charge is 0.469 e. The van der Waals surface area contributed by atoms with Crippen LogP contribution in [-0.2, 0) is 16.0 Å².